The van der Waals surface area contributed by atoms with Crippen molar-refractivity contribution in [1.29, 1.82) is 0 Å². The van der Waals surface area contributed by atoms with Crippen LogP contribution in [0.15, 0.2) is 54.6 Å². The molecule has 3 rings (SSSR count). The Morgan fingerprint density at radius 2 is 1.86 bits per heavy atom. The zero-order valence-corrected chi connectivity index (χ0v) is 13.9. The standard InChI is InChI=1S/C17H16IN3/c1-2-15-16(12-7-6-8-13(18)11-12)20-21(17(15)19)14-9-4-3-5-10-14/h3-11H,2,19H2,1H3. The highest BCUT2D eigenvalue weighted by Crippen LogP contribution is 2.30. The van der Waals surface area contributed by atoms with Gasteiger partial charge in [-0.2, -0.15) is 5.10 Å². The maximum Gasteiger partial charge on any atom is 0.131 e. The van der Waals surface area contributed by atoms with Crippen LogP contribution < -0.4 is 5.73 Å². The first kappa shape index (κ1) is 14.1. The third-order valence-electron chi connectivity index (χ3n) is 3.48. The lowest BCUT2D eigenvalue weighted by Crippen LogP contribution is -2.02. The second-order valence-corrected chi connectivity index (χ2v) is 6.07. The van der Waals surface area contributed by atoms with Gasteiger partial charge in [0.15, 0.2) is 0 Å². The first-order chi connectivity index (χ1) is 10.2. The lowest BCUT2D eigenvalue weighted by Gasteiger charge is -2.03. The summed E-state index contributed by atoms with van der Waals surface area (Å²) < 4.78 is 3.02. The largest absolute Gasteiger partial charge is 0.383 e. The molecule has 0 spiro atoms. The number of halogens is 1. The number of nitrogens with two attached hydrogens (primary N) is 1. The van der Waals surface area contributed by atoms with Crippen LogP contribution in [0.25, 0.3) is 16.9 Å². The van der Waals surface area contributed by atoms with E-state index in [-0.39, 0.29) is 0 Å². The molecule has 0 aliphatic heterocycles. The van der Waals surface area contributed by atoms with Crippen LogP contribution in [-0.4, -0.2) is 9.78 Å². The topological polar surface area (TPSA) is 43.8 Å². The molecule has 4 heteroatoms. The lowest BCUT2D eigenvalue weighted by molar-refractivity contribution is 0.894. The van der Waals surface area contributed by atoms with Crippen LogP contribution in [0.2, 0.25) is 0 Å². The quantitative estimate of drug-likeness (QED) is 0.680. The molecule has 0 saturated heterocycles. The van der Waals surface area contributed by atoms with Gasteiger partial charge in [-0.15, -0.1) is 0 Å². The summed E-state index contributed by atoms with van der Waals surface area (Å²) in [7, 11) is 0. The molecule has 21 heavy (non-hydrogen) atoms. The summed E-state index contributed by atoms with van der Waals surface area (Å²) in [6.07, 6.45) is 0.861. The van der Waals surface area contributed by atoms with Crippen LogP contribution in [0.4, 0.5) is 5.82 Å². The Balaban J connectivity index is 2.19. The van der Waals surface area contributed by atoms with Crippen LogP contribution in [0.1, 0.15) is 12.5 Å². The Morgan fingerprint density at radius 1 is 1.10 bits per heavy atom. The molecule has 2 N–H and O–H groups in total. The fourth-order valence-corrected chi connectivity index (χ4v) is 2.99. The number of para-hydroxylation sites is 1. The monoisotopic (exact) mass is 389 g/mol. The summed E-state index contributed by atoms with van der Waals surface area (Å²) in [6.45, 7) is 2.11. The highest BCUT2D eigenvalue weighted by atomic mass is 127. The Labute approximate surface area is 137 Å². The predicted molar refractivity (Wildman–Crippen MR) is 95.5 cm³/mol. The molecule has 0 fully saturated rings. The van der Waals surface area contributed by atoms with Crippen molar-refractivity contribution in [2.75, 3.05) is 5.73 Å². The molecule has 1 heterocycles. The SMILES string of the molecule is CCc1c(-c2cccc(I)c2)nn(-c2ccccc2)c1N. The van der Waals surface area contributed by atoms with Gasteiger partial charge in [0.25, 0.3) is 0 Å². The number of nitrogens with zero attached hydrogens (tertiary/aromatic N) is 2. The van der Waals surface area contributed by atoms with Gasteiger partial charge in [-0.05, 0) is 53.3 Å². The molecule has 0 radical (unpaired) electrons. The maximum absolute atomic E-state index is 6.32. The molecule has 1 aromatic heterocycles. The van der Waals surface area contributed by atoms with Crippen LogP contribution in [0.3, 0.4) is 0 Å². The number of hydrogen-bond acceptors (Lipinski definition) is 2. The fourth-order valence-electron chi connectivity index (χ4n) is 2.45. The zero-order valence-electron chi connectivity index (χ0n) is 11.8. The van der Waals surface area contributed by atoms with Gasteiger partial charge in [0.1, 0.15) is 5.82 Å². The van der Waals surface area contributed by atoms with E-state index in [1.807, 2.05) is 41.1 Å². The van der Waals surface area contributed by atoms with Crippen molar-refractivity contribution < 1.29 is 0 Å². The Morgan fingerprint density at radius 3 is 2.52 bits per heavy atom. The van der Waals surface area contributed by atoms with E-state index in [1.165, 1.54) is 3.57 Å². The molecule has 0 aliphatic carbocycles. The molecular weight excluding hydrogens is 373 g/mol. The van der Waals surface area contributed by atoms with E-state index in [4.69, 9.17) is 10.8 Å². The third kappa shape index (κ3) is 2.68. The zero-order chi connectivity index (χ0) is 14.8. The lowest BCUT2D eigenvalue weighted by atomic mass is 10.1. The van der Waals surface area contributed by atoms with Gasteiger partial charge in [0.2, 0.25) is 0 Å². The van der Waals surface area contributed by atoms with E-state index >= 15 is 0 Å². The van der Waals surface area contributed by atoms with Crippen LogP contribution in [-0.2, 0) is 6.42 Å². The second-order valence-electron chi connectivity index (χ2n) is 4.82. The number of benzene rings is 2. The summed E-state index contributed by atoms with van der Waals surface area (Å²) in [5.74, 6) is 0.720. The van der Waals surface area contributed by atoms with Gasteiger partial charge in [0.05, 0.1) is 11.4 Å². The van der Waals surface area contributed by atoms with E-state index in [9.17, 15) is 0 Å². The van der Waals surface area contributed by atoms with Crippen LogP contribution >= 0.6 is 22.6 Å². The summed E-state index contributed by atoms with van der Waals surface area (Å²) in [5.41, 5.74) is 10.5. The molecule has 0 unspecified atom stereocenters. The molecule has 2 aromatic carbocycles. The van der Waals surface area contributed by atoms with Crippen LogP contribution in [0, 0.1) is 3.57 Å². The van der Waals surface area contributed by atoms with Crippen LogP contribution in [0.5, 0.6) is 0 Å². The Hall–Kier alpha value is -1.82. The van der Waals surface area contributed by atoms with E-state index in [2.05, 4.69) is 47.7 Å². The van der Waals surface area contributed by atoms with Crippen molar-refractivity contribution >= 4 is 28.4 Å². The third-order valence-corrected chi connectivity index (χ3v) is 4.15. The molecule has 0 saturated carbocycles. The summed E-state index contributed by atoms with van der Waals surface area (Å²) in [4.78, 5) is 0. The number of anilines is 1. The highest BCUT2D eigenvalue weighted by Gasteiger charge is 2.16. The molecule has 0 atom stereocenters. The van der Waals surface area contributed by atoms with E-state index in [0.29, 0.717) is 0 Å². The molecule has 0 bridgehead atoms. The first-order valence-electron chi connectivity index (χ1n) is 6.89. The molecular formula is C17H16IN3. The van der Waals surface area contributed by atoms with E-state index < -0.39 is 0 Å². The smallest absolute Gasteiger partial charge is 0.131 e. The highest BCUT2D eigenvalue weighted by molar-refractivity contribution is 14.1. The average molecular weight is 389 g/mol. The van der Waals surface area contributed by atoms with Gasteiger partial charge in [-0.1, -0.05) is 37.3 Å². The number of nitrogen functional groups attached to an aromatic ring is 1. The van der Waals surface area contributed by atoms with Gasteiger partial charge in [-0.3, -0.25) is 0 Å². The predicted octanol–water partition coefficient (Wildman–Crippen LogP) is 4.29. The second kappa shape index (κ2) is 5.89. The summed E-state index contributed by atoms with van der Waals surface area (Å²) >= 11 is 2.32. The van der Waals surface area contributed by atoms with Crippen molar-refractivity contribution in [1.82, 2.24) is 9.78 Å². The minimum Gasteiger partial charge on any atom is -0.383 e. The normalized spacial score (nSPS) is 10.8. The maximum atomic E-state index is 6.32. The number of hydrogen-bond donors (Lipinski definition) is 1. The van der Waals surface area contributed by atoms with Gasteiger partial charge in [-0.25, -0.2) is 4.68 Å². The van der Waals surface area contributed by atoms with Crippen molar-refractivity contribution in [3.8, 4) is 16.9 Å². The minimum atomic E-state index is 0.720. The minimum absolute atomic E-state index is 0.720. The Bertz CT molecular complexity index is 763. The fraction of sp³-hybridized carbons (Fsp3) is 0.118. The molecule has 0 aliphatic rings. The van der Waals surface area contributed by atoms with Crippen molar-refractivity contribution in [2.24, 2.45) is 0 Å². The van der Waals surface area contributed by atoms with Gasteiger partial charge < -0.3 is 5.73 Å². The van der Waals surface area contributed by atoms with Crippen molar-refractivity contribution in [2.45, 2.75) is 13.3 Å². The van der Waals surface area contributed by atoms with Gasteiger partial charge in [0, 0.05) is 14.7 Å². The summed E-state index contributed by atoms with van der Waals surface area (Å²) in [6, 6.07) is 18.4. The van der Waals surface area contributed by atoms with Crippen molar-refractivity contribution in [3.63, 3.8) is 0 Å². The van der Waals surface area contributed by atoms with Crippen molar-refractivity contribution in [3.05, 3.63) is 63.7 Å². The van der Waals surface area contributed by atoms with E-state index in [0.717, 1.165) is 34.7 Å². The number of aromatic nitrogens is 2. The van der Waals surface area contributed by atoms with Gasteiger partial charge >= 0.3 is 0 Å². The van der Waals surface area contributed by atoms with E-state index in [1.54, 1.807) is 0 Å². The Kier molecular flexibility index (Phi) is 3.96. The molecule has 3 nitrogen and oxygen atoms in total. The molecule has 3 aromatic rings. The first-order valence-corrected chi connectivity index (χ1v) is 7.97. The molecule has 106 valence electrons. The summed E-state index contributed by atoms with van der Waals surface area (Å²) in [5, 5.41) is 4.75. The number of rotatable bonds is 3. The molecule has 0 amide bonds. The average Bonchev–Trinajstić information content (AvgIpc) is 2.85.